The Morgan fingerprint density at radius 2 is 2.06 bits per heavy atom. The molecule has 0 saturated heterocycles. The van der Waals surface area contributed by atoms with Crippen molar-refractivity contribution in [3.63, 3.8) is 0 Å². The van der Waals surface area contributed by atoms with Gasteiger partial charge in [0.2, 0.25) is 0 Å². The fraction of sp³-hybridized carbons (Fsp3) is 0.750. The van der Waals surface area contributed by atoms with Crippen molar-refractivity contribution in [1.29, 1.82) is 0 Å². The van der Waals surface area contributed by atoms with E-state index in [-0.39, 0.29) is 5.54 Å². The van der Waals surface area contributed by atoms with Crippen LogP contribution in [0.15, 0.2) is 4.47 Å². The van der Waals surface area contributed by atoms with Gasteiger partial charge in [-0.15, -0.1) is 0 Å². The molecule has 0 saturated carbocycles. The smallest absolute Gasteiger partial charge is 0.118 e. The molecule has 0 amide bonds. The van der Waals surface area contributed by atoms with Crippen LogP contribution in [-0.2, 0) is 13.5 Å². The number of nitrogens with one attached hydrogen (secondary N) is 1. The van der Waals surface area contributed by atoms with Gasteiger partial charge in [-0.25, -0.2) is 4.39 Å². The largest absolute Gasteiger partial charge is 0.309 e. The van der Waals surface area contributed by atoms with Crippen molar-refractivity contribution in [3.8, 4) is 0 Å². The molecule has 1 aromatic rings. The van der Waals surface area contributed by atoms with E-state index in [4.69, 9.17) is 0 Å². The molecular formula is C12H21BrFN3. The minimum absolute atomic E-state index is 0.0516. The van der Waals surface area contributed by atoms with E-state index in [1.54, 1.807) is 4.68 Å². The first-order chi connectivity index (χ1) is 7.70. The number of alkyl halides is 1. The molecule has 0 aliphatic rings. The highest BCUT2D eigenvalue weighted by atomic mass is 79.9. The van der Waals surface area contributed by atoms with Crippen LogP contribution < -0.4 is 5.32 Å². The van der Waals surface area contributed by atoms with Crippen LogP contribution in [0.2, 0.25) is 0 Å². The predicted molar refractivity (Wildman–Crippen MR) is 72.0 cm³/mol. The van der Waals surface area contributed by atoms with Crippen molar-refractivity contribution in [1.82, 2.24) is 15.1 Å². The summed E-state index contributed by atoms with van der Waals surface area (Å²) in [6.07, 6.45) is -0.526. The van der Waals surface area contributed by atoms with Crippen molar-refractivity contribution in [2.45, 2.75) is 45.8 Å². The van der Waals surface area contributed by atoms with Crippen molar-refractivity contribution in [3.05, 3.63) is 15.9 Å². The van der Waals surface area contributed by atoms with Gasteiger partial charge in [-0.1, -0.05) is 0 Å². The van der Waals surface area contributed by atoms with Gasteiger partial charge in [-0.05, 0) is 43.6 Å². The minimum Gasteiger partial charge on any atom is -0.309 e. The lowest BCUT2D eigenvalue weighted by atomic mass is 10.1. The van der Waals surface area contributed by atoms with Gasteiger partial charge in [0.25, 0.3) is 0 Å². The summed E-state index contributed by atoms with van der Waals surface area (Å²) >= 11 is 3.45. The average molecular weight is 306 g/mol. The van der Waals surface area contributed by atoms with Gasteiger partial charge >= 0.3 is 0 Å². The Kier molecular flexibility index (Phi) is 4.72. The number of aryl methyl sites for hydroxylation is 2. The first-order valence-corrected chi connectivity index (χ1v) is 6.57. The van der Waals surface area contributed by atoms with Crippen molar-refractivity contribution >= 4 is 15.9 Å². The van der Waals surface area contributed by atoms with E-state index >= 15 is 0 Å². The zero-order valence-corrected chi connectivity index (χ0v) is 12.7. The zero-order valence-electron chi connectivity index (χ0n) is 11.1. The van der Waals surface area contributed by atoms with Crippen LogP contribution in [0.1, 0.15) is 32.2 Å². The van der Waals surface area contributed by atoms with E-state index in [1.807, 2.05) is 34.7 Å². The van der Waals surface area contributed by atoms with Gasteiger partial charge in [0, 0.05) is 25.6 Å². The van der Waals surface area contributed by atoms with Crippen LogP contribution in [-0.4, -0.2) is 28.0 Å². The van der Waals surface area contributed by atoms with Crippen LogP contribution in [0.5, 0.6) is 0 Å². The number of nitrogens with zero attached hydrogens (tertiary/aromatic N) is 2. The van der Waals surface area contributed by atoms with Crippen LogP contribution in [0.25, 0.3) is 0 Å². The highest BCUT2D eigenvalue weighted by Crippen LogP contribution is 2.22. The third-order valence-corrected chi connectivity index (χ3v) is 3.56. The summed E-state index contributed by atoms with van der Waals surface area (Å²) in [4.78, 5) is 0. The van der Waals surface area contributed by atoms with Gasteiger partial charge in [-0.2, -0.15) is 5.10 Å². The lowest BCUT2D eigenvalue weighted by Crippen LogP contribution is -2.40. The van der Waals surface area contributed by atoms with Crippen molar-refractivity contribution in [2.75, 3.05) is 6.54 Å². The molecule has 17 heavy (non-hydrogen) atoms. The average Bonchev–Trinajstić information content (AvgIpc) is 2.41. The summed E-state index contributed by atoms with van der Waals surface area (Å²) in [5.41, 5.74) is 1.76. The maximum absolute atomic E-state index is 13.9. The SMILES string of the molecule is Cc1nn(C)c(CC(F)CNC(C)(C)C)c1Br. The van der Waals surface area contributed by atoms with E-state index in [0.29, 0.717) is 13.0 Å². The summed E-state index contributed by atoms with van der Waals surface area (Å²) in [5, 5.41) is 7.42. The summed E-state index contributed by atoms with van der Waals surface area (Å²) in [6, 6.07) is 0. The molecule has 1 unspecified atom stereocenters. The first kappa shape index (κ1) is 14.6. The zero-order chi connectivity index (χ0) is 13.2. The fourth-order valence-corrected chi connectivity index (χ4v) is 2.10. The fourth-order valence-electron chi connectivity index (χ4n) is 1.60. The molecule has 0 aliphatic carbocycles. The monoisotopic (exact) mass is 305 g/mol. The summed E-state index contributed by atoms with van der Waals surface area (Å²) in [7, 11) is 1.84. The Morgan fingerprint density at radius 3 is 2.47 bits per heavy atom. The summed E-state index contributed by atoms with van der Waals surface area (Å²) in [5.74, 6) is 0. The molecule has 0 aromatic carbocycles. The molecule has 0 aliphatic heterocycles. The Hall–Kier alpha value is -0.420. The molecule has 98 valence electrons. The molecule has 1 N–H and O–H groups in total. The van der Waals surface area contributed by atoms with E-state index < -0.39 is 6.17 Å². The van der Waals surface area contributed by atoms with E-state index in [1.165, 1.54) is 0 Å². The minimum atomic E-state index is -0.902. The highest BCUT2D eigenvalue weighted by Gasteiger charge is 2.18. The summed E-state index contributed by atoms with van der Waals surface area (Å²) in [6.45, 7) is 8.37. The van der Waals surface area contributed by atoms with Crippen molar-refractivity contribution < 1.29 is 4.39 Å². The number of rotatable bonds is 4. The molecule has 1 heterocycles. The third-order valence-electron chi connectivity index (χ3n) is 2.53. The lowest BCUT2D eigenvalue weighted by molar-refractivity contribution is 0.281. The Labute approximate surface area is 111 Å². The number of hydrogen-bond acceptors (Lipinski definition) is 2. The highest BCUT2D eigenvalue weighted by molar-refractivity contribution is 9.10. The van der Waals surface area contributed by atoms with Crippen LogP contribution in [0.4, 0.5) is 4.39 Å². The maximum Gasteiger partial charge on any atom is 0.118 e. The second-order valence-corrected chi connectivity index (χ2v) is 6.19. The van der Waals surface area contributed by atoms with E-state index in [2.05, 4.69) is 26.3 Å². The number of aromatic nitrogens is 2. The lowest BCUT2D eigenvalue weighted by Gasteiger charge is -2.22. The maximum atomic E-state index is 13.9. The van der Waals surface area contributed by atoms with Crippen LogP contribution in [0.3, 0.4) is 0 Å². The Bertz CT molecular complexity index is 382. The van der Waals surface area contributed by atoms with E-state index in [9.17, 15) is 4.39 Å². The molecule has 1 aromatic heterocycles. The number of halogens is 2. The van der Waals surface area contributed by atoms with Gasteiger partial charge in [-0.3, -0.25) is 4.68 Å². The second kappa shape index (κ2) is 5.48. The van der Waals surface area contributed by atoms with E-state index in [0.717, 1.165) is 15.9 Å². The normalized spacial score (nSPS) is 14.1. The topological polar surface area (TPSA) is 29.9 Å². The second-order valence-electron chi connectivity index (χ2n) is 5.40. The Morgan fingerprint density at radius 1 is 1.47 bits per heavy atom. The molecule has 1 rings (SSSR count). The molecule has 0 bridgehead atoms. The Balaban J connectivity index is 2.59. The number of hydrogen-bond donors (Lipinski definition) is 1. The molecule has 0 fully saturated rings. The molecule has 5 heteroatoms. The molecule has 0 radical (unpaired) electrons. The van der Waals surface area contributed by atoms with Gasteiger partial charge in [0.15, 0.2) is 0 Å². The van der Waals surface area contributed by atoms with Crippen LogP contribution in [0, 0.1) is 6.92 Å². The summed E-state index contributed by atoms with van der Waals surface area (Å²) < 4.78 is 16.5. The predicted octanol–water partition coefficient (Wildman–Crippen LogP) is 2.76. The molecule has 0 spiro atoms. The standard InChI is InChI=1S/C12H21BrFN3/c1-8-11(13)10(17(5)16-8)6-9(14)7-15-12(2,3)4/h9,15H,6-7H2,1-5H3. The van der Waals surface area contributed by atoms with Gasteiger partial charge < -0.3 is 5.32 Å². The molecular weight excluding hydrogens is 285 g/mol. The van der Waals surface area contributed by atoms with Gasteiger partial charge in [0.1, 0.15) is 6.17 Å². The molecule has 1 atom stereocenters. The molecule has 3 nitrogen and oxygen atoms in total. The van der Waals surface area contributed by atoms with Gasteiger partial charge in [0.05, 0.1) is 15.9 Å². The van der Waals surface area contributed by atoms with Crippen molar-refractivity contribution in [2.24, 2.45) is 7.05 Å². The third kappa shape index (κ3) is 4.39. The first-order valence-electron chi connectivity index (χ1n) is 5.78. The quantitative estimate of drug-likeness (QED) is 0.927. The van der Waals surface area contributed by atoms with Crippen LogP contribution >= 0.6 is 15.9 Å².